The van der Waals surface area contributed by atoms with Crippen molar-refractivity contribution in [3.63, 3.8) is 0 Å². The Morgan fingerprint density at radius 3 is 2.74 bits per heavy atom. The molecule has 0 amide bonds. The summed E-state index contributed by atoms with van der Waals surface area (Å²) in [6.45, 7) is 9.02. The van der Waals surface area contributed by atoms with Gasteiger partial charge in [-0.25, -0.2) is 9.18 Å². The molecule has 5 heteroatoms. The van der Waals surface area contributed by atoms with Crippen molar-refractivity contribution in [1.82, 2.24) is 4.90 Å². The normalized spacial score (nSPS) is 14.1. The van der Waals surface area contributed by atoms with E-state index in [1.54, 1.807) is 6.92 Å². The number of benzene rings is 2. The summed E-state index contributed by atoms with van der Waals surface area (Å²) >= 11 is 0. The third-order valence-corrected chi connectivity index (χ3v) is 4.50. The third kappa shape index (κ3) is 4.66. The molecular formula is C22H25FNO3. The fourth-order valence-electron chi connectivity index (χ4n) is 3.39. The number of nitrogens with zero attached hydrogens (tertiary/aromatic N) is 1. The van der Waals surface area contributed by atoms with Crippen molar-refractivity contribution in [2.45, 2.75) is 33.7 Å². The number of fused-ring (bicyclic) bond motifs is 1. The van der Waals surface area contributed by atoms with Crippen molar-refractivity contribution in [2.75, 3.05) is 19.7 Å². The lowest BCUT2D eigenvalue weighted by molar-refractivity contribution is 0.0523. The van der Waals surface area contributed by atoms with Crippen LogP contribution in [0.3, 0.4) is 0 Å². The Bertz CT molecular complexity index is 819. The average Bonchev–Trinajstić information content (AvgIpc) is 2.61. The molecular weight excluding hydrogens is 345 g/mol. The lowest BCUT2D eigenvalue weighted by Gasteiger charge is -2.30. The topological polar surface area (TPSA) is 38.8 Å². The first-order chi connectivity index (χ1) is 13.0. The molecule has 0 saturated carbocycles. The standard InChI is InChI=1S/C22H25FNO3/c1-4-26-22(25)19-9-8-17(23)12-21(19)27-20-7-5-6-16-14-24(13-15(2)3)11-10-18(16)20/h5-9,12H,4,10-11,13-14H2,1-3H3. The Balaban J connectivity index is 1.88. The Morgan fingerprint density at radius 2 is 2.00 bits per heavy atom. The number of halogens is 1. The quantitative estimate of drug-likeness (QED) is 0.687. The summed E-state index contributed by atoms with van der Waals surface area (Å²) in [6, 6.07) is 9.77. The van der Waals surface area contributed by atoms with Crippen molar-refractivity contribution in [3.05, 3.63) is 64.8 Å². The highest BCUT2D eigenvalue weighted by molar-refractivity contribution is 5.92. The summed E-state index contributed by atoms with van der Waals surface area (Å²) in [7, 11) is 0. The summed E-state index contributed by atoms with van der Waals surface area (Å²) in [5, 5.41) is 0. The second-order valence-electron chi connectivity index (χ2n) is 7.02. The van der Waals surface area contributed by atoms with Gasteiger partial charge in [0, 0.05) is 31.3 Å². The van der Waals surface area contributed by atoms with Crippen LogP contribution in [0.25, 0.3) is 0 Å². The molecule has 1 aliphatic heterocycles. The lowest BCUT2D eigenvalue weighted by Crippen LogP contribution is -2.33. The number of rotatable bonds is 6. The molecule has 0 N–H and O–H groups in total. The zero-order valence-electron chi connectivity index (χ0n) is 16.0. The first kappa shape index (κ1) is 19.4. The molecule has 1 radical (unpaired) electrons. The van der Waals surface area contributed by atoms with E-state index in [0.29, 0.717) is 5.75 Å². The molecule has 2 aromatic carbocycles. The van der Waals surface area contributed by atoms with E-state index in [1.165, 1.54) is 29.7 Å². The maximum Gasteiger partial charge on any atom is 0.341 e. The van der Waals surface area contributed by atoms with Gasteiger partial charge in [-0.3, -0.25) is 4.90 Å². The SMILES string of the molecule is CCOC(=O)c1ccc(F)cc1Oc1cccc2c1CCN(C[C](C)C)C2. The molecule has 143 valence electrons. The van der Waals surface area contributed by atoms with Crippen LogP contribution in [0, 0.1) is 11.7 Å². The summed E-state index contributed by atoms with van der Waals surface area (Å²) in [5.41, 5.74) is 2.54. The van der Waals surface area contributed by atoms with E-state index in [-0.39, 0.29) is 17.9 Å². The smallest absolute Gasteiger partial charge is 0.341 e. The van der Waals surface area contributed by atoms with Crippen LogP contribution in [0.5, 0.6) is 11.5 Å². The van der Waals surface area contributed by atoms with Gasteiger partial charge in [0.25, 0.3) is 0 Å². The van der Waals surface area contributed by atoms with Crippen molar-refractivity contribution < 1.29 is 18.7 Å². The number of ether oxygens (including phenoxy) is 2. The zero-order chi connectivity index (χ0) is 19.4. The summed E-state index contributed by atoms with van der Waals surface area (Å²) in [5.74, 6) is 1.26. The van der Waals surface area contributed by atoms with Gasteiger partial charge in [-0.2, -0.15) is 0 Å². The highest BCUT2D eigenvalue weighted by Gasteiger charge is 2.22. The highest BCUT2D eigenvalue weighted by atomic mass is 19.1. The van der Waals surface area contributed by atoms with E-state index in [9.17, 15) is 9.18 Å². The largest absolute Gasteiger partial charge is 0.462 e. The summed E-state index contributed by atoms with van der Waals surface area (Å²) in [6.07, 6.45) is 0.850. The van der Waals surface area contributed by atoms with Gasteiger partial charge < -0.3 is 9.47 Å². The summed E-state index contributed by atoms with van der Waals surface area (Å²) in [4.78, 5) is 14.6. The highest BCUT2D eigenvalue weighted by Crippen LogP contribution is 2.33. The monoisotopic (exact) mass is 370 g/mol. The number of hydrogen-bond donors (Lipinski definition) is 0. The minimum Gasteiger partial charge on any atom is -0.462 e. The fourth-order valence-corrected chi connectivity index (χ4v) is 3.39. The molecule has 0 spiro atoms. The molecule has 0 fully saturated rings. The van der Waals surface area contributed by atoms with Crippen LogP contribution in [-0.2, 0) is 17.7 Å². The zero-order valence-corrected chi connectivity index (χ0v) is 16.0. The molecule has 4 nitrogen and oxygen atoms in total. The number of carbonyl (C=O) groups excluding carboxylic acids is 1. The van der Waals surface area contributed by atoms with Crippen molar-refractivity contribution in [2.24, 2.45) is 0 Å². The maximum absolute atomic E-state index is 13.8. The molecule has 1 heterocycles. The molecule has 3 rings (SSSR count). The van der Waals surface area contributed by atoms with Gasteiger partial charge in [0.05, 0.1) is 6.61 Å². The van der Waals surface area contributed by atoms with Crippen LogP contribution < -0.4 is 4.74 Å². The van der Waals surface area contributed by atoms with E-state index >= 15 is 0 Å². The predicted molar refractivity (Wildman–Crippen MR) is 102 cm³/mol. The van der Waals surface area contributed by atoms with Crippen LogP contribution in [0.15, 0.2) is 36.4 Å². The molecule has 27 heavy (non-hydrogen) atoms. The van der Waals surface area contributed by atoms with E-state index < -0.39 is 11.8 Å². The van der Waals surface area contributed by atoms with Crippen molar-refractivity contribution in [1.29, 1.82) is 0 Å². The van der Waals surface area contributed by atoms with Gasteiger partial charge in [-0.1, -0.05) is 26.0 Å². The van der Waals surface area contributed by atoms with Gasteiger partial charge in [0.15, 0.2) is 0 Å². The minimum atomic E-state index is -0.516. The Kier molecular flexibility index (Phi) is 6.11. The van der Waals surface area contributed by atoms with Gasteiger partial charge in [-0.15, -0.1) is 0 Å². The van der Waals surface area contributed by atoms with E-state index in [2.05, 4.69) is 24.8 Å². The lowest BCUT2D eigenvalue weighted by atomic mass is 9.98. The Morgan fingerprint density at radius 1 is 1.19 bits per heavy atom. The summed E-state index contributed by atoms with van der Waals surface area (Å²) < 4.78 is 24.8. The van der Waals surface area contributed by atoms with Crippen LogP contribution in [-0.4, -0.2) is 30.6 Å². The van der Waals surface area contributed by atoms with Gasteiger partial charge in [0.2, 0.25) is 0 Å². The second-order valence-corrected chi connectivity index (χ2v) is 7.02. The Hall–Kier alpha value is -2.40. The molecule has 0 saturated heterocycles. The Labute approximate surface area is 159 Å². The first-order valence-electron chi connectivity index (χ1n) is 9.24. The predicted octanol–water partition coefficient (Wildman–Crippen LogP) is 4.77. The number of carbonyl (C=O) groups is 1. The van der Waals surface area contributed by atoms with Crippen molar-refractivity contribution >= 4 is 5.97 Å². The van der Waals surface area contributed by atoms with E-state index in [4.69, 9.17) is 9.47 Å². The molecule has 0 atom stereocenters. The fraction of sp³-hybridized carbons (Fsp3) is 0.364. The molecule has 0 unspecified atom stereocenters. The molecule has 0 bridgehead atoms. The molecule has 0 aliphatic carbocycles. The van der Waals surface area contributed by atoms with Gasteiger partial charge >= 0.3 is 5.97 Å². The van der Waals surface area contributed by atoms with Gasteiger partial charge in [-0.05, 0) is 43.0 Å². The maximum atomic E-state index is 13.8. The van der Waals surface area contributed by atoms with Crippen LogP contribution in [0.1, 0.15) is 42.3 Å². The molecule has 0 aromatic heterocycles. The number of hydrogen-bond acceptors (Lipinski definition) is 4. The second kappa shape index (κ2) is 8.53. The molecule has 2 aromatic rings. The van der Waals surface area contributed by atoms with Gasteiger partial charge in [0.1, 0.15) is 22.9 Å². The van der Waals surface area contributed by atoms with Crippen LogP contribution in [0.4, 0.5) is 4.39 Å². The van der Waals surface area contributed by atoms with Crippen molar-refractivity contribution in [3.8, 4) is 11.5 Å². The third-order valence-electron chi connectivity index (χ3n) is 4.50. The first-order valence-corrected chi connectivity index (χ1v) is 9.24. The average molecular weight is 370 g/mol. The number of esters is 1. The van der Waals surface area contributed by atoms with E-state index in [0.717, 1.165) is 31.6 Å². The van der Waals surface area contributed by atoms with Crippen LogP contribution >= 0.6 is 0 Å². The molecule has 1 aliphatic rings. The minimum absolute atomic E-state index is 0.182. The van der Waals surface area contributed by atoms with E-state index in [1.807, 2.05) is 12.1 Å². The van der Waals surface area contributed by atoms with Crippen LogP contribution in [0.2, 0.25) is 0 Å².